The predicted octanol–water partition coefficient (Wildman–Crippen LogP) is 4.34. The van der Waals surface area contributed by atoms with E-state index in [2.05, 4.69) is 17.4 Å². The fraction of sp³-hybridized carbons (Fsp3) is 0.136. The van der Waals surface area contributed by atoms with Crippen molar-refractivity contribution in [3.8, 4) is 0 Å². The third-order valence-electron chi connectivity index (χ3n) is 4.62. The van der Waals surface area contributed by atoms with Crippen molar-refractivity contribution in [1.82, 2.24) is 5.32 Å². The Labute approximate surface area is 164 Å². The monoisotopic (exact) mass is 424 g/mol. The van der Waals surface area contributed by atoms with Crippen LogP contribution in [0.25, 0.3) is 0 Å². The molecular formula is C22H19AsF2N2. The van der Waals surface area contributed by atoms with Gasteiger partial charge in [0.25, 0.3) is 0 Å². The first-order valence-corrected chi connectivity index (χ1v) is 11.4. The number of rotatable bonds is 5. The zero-order chi connectivity index (χ0) is 18.6. The van der Waals surface area contributed by atoms with Crippen LogP contribution in [0, 0.1) is 11.6 Å². The summed E-state index contributed by atoms with van der Waals surface area (Å²) in [4.78, 5) is 4.93. The molecule has 0 saturated heterocycles. The molecule has 136 valence electrons. The number of nitrogens with one attached hydrogen (secondary N) is 1. The number of amidine groups is 1. The third-order valence-corrected chi connectivity index (χ3v) is 7.12. The van der Waals surface area contributed by atoms with Crippen LogP contribution in [0.15, 0.2) is 83.9 Å². The molecular weight excluding hydrogens is 405 g/mol. The van der Waals surface area contributed by atoms with Crippen LogP contribution in [0.4, 0.5) is 8.78 Å². The van der Waals surface area contributed by atoms with E-state index >= 15 is 0 Å². The molecule has 5 heteroatoms. The number of benzene rings is 3. The van der Waals surface area contributed by atoms with Gasteiger partial charge in [-0.15, -0.1) is 0 Å². The topological polar surface area (TPSA) is 24.4 Å². The summed E-state index contributed by atoms with van der Waals surface area (Å²) >= 11 is -0.469. The number of aliphatic imine (C=N–C) groups is 1. The molecule has 3 aromatic rings. The SMILES string of the molecule is Fc1ccc(C2N=C([AsH]Cc3ccccc3)NC2c2ccc(F)cc2)cc1. The Morgan fingerprint density at radius 1 is 0.778 bits per heavy atom. The zero-order valence-electron chi connectivity index (χ0n) is 14.6. The van der Waals surface area contributed by atoms with E-state index in [9.17, 15) is 8.78 Å². The normalized spacial score (nSPS) is 19.3. The van der Waals surface area contributed by atoms with Crippen molar-refractivity contribution in [3.63, 3.8) is 0 Å². The van der Waals surface area contributed by atoms with Gasteiger partial charge in [-0.25, -0.2) is 0 Å². The van der Waals surface area contributed by atoms with Crippen LogP contribution in [0.1, 0.15) is 28.8 Å². The molecule has 0 aliphatic carbocycles. The fourth-order valence-electron chi connectivity index (χ4n) is 3.22. The average Bonchev–Trinajstić information content (AvgIpc) is 3.13. The maximum atomic E-state index is 13.3. The van der Waals surface area contributed by atoms with Crippen LogP contribution in [0.5, 0.6) is 0 Å². The summed E-state index contributed by atoms with van der Waals surface area (Å²) in [5.74, 6) is -0.515. The molecule has 4 rings (SSSR count). The average molecular weight is 424 g/mol. The first kappa shape index (κ1) is 17.9. The molecule has 0 fully saturated rings. The molecule has 3 aromatic carbocycles. The van der Waals surface area contributed by atoms with E-state index in [1.54, 1.807) is 24.3 Å². The number of halogens is 2. The fourth-order valence-corrected chi connectivity index (χ4v) is 5.52. The summed E-state index contributed by atoms with van der Waals surface area (Å²) in [6.45, 7) is 0. The maximum absolute atomic E-state index is 13.3. The summed E-state index contributed by atoms with van der Waals surface area (Å²) in [6, 6.07) is 23.2. The van der Waals surface area contributed by atoms with Crippen molar-refractivity contribution in [2.75, 3.05) is 0 Å². The summed E-state index contributed by atoms with van der Waals surface area (Å²) in [5.41, 5.74) is 3.25. The van der Waals surface area contributed by atoms with Crippen molar-refractivity contribution in [3.05, 3.63) is 107 Å². The summed E-state index contributed by atoms with van der Waals surface area (Å²) in [6.07, 6.45) is 0. The quantitative estimate of drug-likeness (QED) is 0.606. The van der Waals surface area contributed by atoms with Gasteiger partial charge in [-0.3, -0.25) is 0 Å². The van der Waals surface area contributed by atoms with Gasteiger partial charge in [0.2, 0.25) is 0 Å². The van der Waals surface area contributed by atoms with Gasteiger partial charge in [-0.1, -0.05) is 0 Å². The van der Waals surface area contributed by atoms with Gasteiger partial charge in [0.15, 0.2) is 0 Å². The van der Waals surface area contributed by atoms with Gasteiger partial charge in [0.1, 0.15) is 0 Å². The van der Waals surface area contributed by atoms with Crippen molar-refractivity contribution >= 4 is 20.4 Å². The van der Waals surface area contributed by atoms with Crippen molar-refractivity contribution in [2.45, 2.75) is 17.3 Å². The Balaban J connectivity index is 1.58. The Hall–Kier alpha value is -2.45. The van der Waals surface area contributed by atoms with E-state index in [4.69, 9.17) is 4.99 Å². The molecule has 1 N–H and O–H groups in total. The second-order valence-corrected chi connectivity index (χ2v) is 8.96. The van der Waals surface area contributed by atoms with E-state index in [1.807, 2.05) is 18.2 Å². The second-order valence-electron chi connectivity index (χ2n) is 6.49. The zero-order valence-corrected chi connectivity index (χ0v) is 16.7. The number of nitrogens with zero attached hydrogens (tertiary/aromatic N) is 1. The molecule has 0 spiro atoms. The molecule has 1 aliphatic rings. The Kier molecular flexibility index (Phi) is 5.35. The van der Waals surface area contributed by atoms with Gasteiger partial charge in [0.05, 0.1) is 0 Å². The molecule has 3 atom stereocenters. The molecule has 3 unspecified atom stereocenters. The summed E-state index contributed by atoms with van der Waals surface area (Å²) in [5, 5.41) is 4.56. The first-order valence-electron chi connectivity index (χ1n) is 8.82. The second kappa shape index (κ2) is 8.06. The first-order chi connectivity index (χ1) is 13.2. The van der Waals surface area contributed by atoms with Crippen LogP contribution in [-0.2, 0) is 5.21 Å². The van der Waals surface area contributed by atoms with Gasteiger partial charge in [-0.05, 0) is 0 Å². The van der Waals surface area contributed by atoms with Crippen LogP contribution in [0.2, 0.25) is 0 Å². The molecule has 1 heterocycles. The summed E-state index contributed by atoms with van der Waals surface area (Å²) in [7, 11) is 0. The molecule has 27 heavy (non-hydrogen) atoms. The Morgan fingerprint density at radius 2 is 1.37 bits per heavy atom. The van der Waals surface area contributed by atoms with Crippen LogP contribution in [0.3, 0.4) is 0 Å². The van der Waals surface area contributed by atoms with Crippen molar-refractivity contribution in [1.29, 1.82) is 0 Å². The van der Waals surface area contributed by atoms with Crippen molar-refractivity contribution < 1.29 is 8.78 Å². The number of hydrogen-bond acceptors (Lipinski definition) is 2. The van der Waals surface area contributed by atoms with E-state index in [-0.39, 0.29) is 23.7 Å². The van der Waals surface area contributed by atoms with Gasteiger partial charge >= 0.3 is 164 Å². The van der Waals surface area contributed by atoms with Crippen molar-refractivity contribution in [2.24, 2.45) is 4.99 Å². The number of hydrogen-bond donors (Lipinski definition) is 1. The van der Waals surface area contributed by atoms with E-state index in [0.717, 1.165) is 21.0 Å². The van der Waals surface area contributed by atoms with Crippen LogP contribution in [-0.4, -0.2) is 20.4 Å². The molecule has 0 saturated carbocycles. The Bertz CT molecular complexity index is 925. The van der Waals surface area contributed by atoms with Gasteiger partial charge in [-0.2, -0.15) is 0 Å². The summed E-state index contributed by atoms with van der Waals surface area (Å²) < 4.78 is 27.7. The molecule has 0 bridgehead atoms. The van der Waals surface area contributed by atoms with E-state index < -0.39 is 15.8 Å². The van der Waals surface area contributed by atoms with Gasteiger partial charge in [0, 0.05) is 0 Å². The minimum absolute atomic E-state index is 0.0643. The standard InChI is InChI=1S/C22H19AsF2N2/c24-18-10-6-16(7-11-18)20-21(17-8-12-19(25)13-9-17)27-22(26-20)23-14-15-4-2-1-3-5-15/h1-13,20-21,23H,14H2,(H,26,27). The third kappa shape index (κ3) is 4.28. The molecule has 0 radical (unpaired) electrons. The Morgan fingerprint density at radius 3 is 2.00 bits per heavy atom. The molecule has 0 aromatic heterocycles. The minimum atomic E-state index is -0.469. The van der Waals surface area contributed by atoms with E-state index in [1.165, 1.54) is 29.8 Å². The predicted molar refractivity (Wildman–Crippen MR) is 106 cm³/mol. The molecule has 2 nitrogen and oxygen atoms in total. The van der Waals surface area contributed by atoms with Crippen LogP contribution >= 0.6 is 0 Å². The van der Waals surface area contributed by atoms with Crippen LogP contribution < -0.4 is 5.32 Å². The van der Waals surface area contributed by atoms with Gasteiger partial charge < -0.3 is 0 Å². The molecule has 0 amide bonds. The van der Waals surface area contributed by atoms with E-state index in [0.29, 0.717) is 0 Å². The molecule has 1 aliphatic heterocycles.